The molecule has 0 fully saturated rings. The van der Waals surface area contributed by atoms with Crippen LogP contribution in [0.2, 0.25) is 18.1 Å². The van der Waals surface area contributed by atoms with Crippen LogP contribution in [-0.2, 0) is 15.8 Å². The average Bonchev–Trinajstić information content (AvgIpc) is 2.53. The number of benzene rings is 1. The first-order valence-electron chi connectivity index (χ1n) is 9.04. The molecule has 0 aromatic heterocycles. The van der Waals surface area contributed by atoms with E-state index in [-0.39, 0.29) is 11.6 Å². The zero-order chi connectivity index (χ0) is 19.8. The molecular formula is C21H34O4Si. The minimum Gasteiger partial charge on any atom is -0.497 e. The van der Waals surface area contributed by atoms with Gasteiger partial charge in [0.15, 0.2) is 8.32 Å². The smallest absolute Gasteiger partial charge is 0.191 e. The second-order valence-electron chi connectivity index (χ2n) is 8.28. The number of methoxy groups -OCH3 is 1. The number of hydrogen-bond donors (Lipinski definition) is 1. The Hall–Kier alpha value is -1.32. The van der Waals surface area contributed by atoms with E-state index >= 15 is 0 Å². The second kappa shape index (κ2) is 9.57. The molecule has 4 nitrogen and oxygen atoms in total. The topological polar surface area (TPSA) is 47.9 Å². The van der Waals surface area contributed by atoms with E-state index in [1.165, 1.54) is 0 Å². The third-order valence-corrected chi connectivity index (χ3v) is 9.36. The predicted octanol–water partition coefficient (Wildman–Crippen LogP) is 4.38. The van der Waals surface area contributed by atoms with Gasteiger partial charge in [-0.25, -0.2) is 0 Å². The first kappa shape index (κ1) is 22.7. The lowest BCUT2D eigenvalue weighted by Gasteiger charge is -2.36. The monoisotopic (exact) mass is 378 g/mol. The van der Waals surface area contributed by atoms with Crippen molar-refractivity contribution in [3.63, 3.8) is 0 Å². The Labute approximate surface area is 160 Å². The lowest BCUT2D eigenvalue weighted by Crippen LogP contribution is -2.42. The summed E-state index contributed by atoms with van der Waals surface area (Å²) >= 11 is 0. The van der Waals surface area contributed by atoms with Crippen molar-refractivity contribution in [1.82, 2.24) is 0 Å². The summed E-state index contributed by atoms with van der Waals surface area (Å²) in [6, 6.07) is 7.72. The summed E-state index contributed by atoms with van der Waals surface area (Å²) in [5, 5.41) is 10.5. The molecule has 1 rings (SSSR count). The van der Waals surface area contributed by atoms with Gasteiger partial charge in [-0.2, -0.15) is 0 Å². The molecule has 5 heteroatoms. The Kier molecular flexibility index (Phi) is 8.36. The van der Waals surface area contributed by atoms with Gasteiger partial charge in [-0.1, -0.05) is 44.7 Å². The highest BCUT2D eigenvalue weighted by molar-refractivity contribution is 6.74. The van der Waals surface area contributed by atoms with Crippen LogP contribution in [0.1, 0.15) is 39.7 Å². The molecule has 0 heterocycles. The van der Waals surface area contributed by atoms with E-state index in [0.717, 1.165) is 11.3 Å². The molecule has 0 bridgehead atoms. The van der Waals surface area contributed by atoms with Gasteiger partial charge in [-0.3, -0.25) is 0 Å². The van der Waals surface area contributed by atoms with Gasteiger partial charge in [0.2, 0.25) is 0 Å². The quantitative estimate of drug-likeness (QED) is 0.414. The standard InChI is InChI=1S/C21H34O4Si/c1-20(2,3)26(6,7)25-16-14-21(4,22)13-8-15-24-17-18-9-11-19(23-5)12-10-18/h9-12,22H,14-17H2,1-7H3. The Morgan fingerprint density at radius 3 is 2.23 bits per heavy atom. The highest BCUT2D eigenvalue weighted by atomic mass is 28.4. The van der Waals surface area contributed by atoms with Crippen molar-refractivity contribution >= 4 is 8.32 Å². The first-order valence-corrected chi connectivity index (χ1v) is 11.9. The van der Waals surface area contributed by atoms with Gasteiger partial charge in [-0.15, -0.1) is 0 Å². The highest BCUT2D eigenvalue weighted by Crippen LogP contribution is 2.36. The minimum absolute atomic E-state index is 0.166. The van der Waals surface area contributed by atoms with Crippen molar-refractivity contribution in [2.75, 3.05) is 20.3 Å². The number of aliphatic hydroxyl groups is 1. The molecule has 0 saturated carbocycles. The number of rotatable bonds is 8. The zero-order valence-corrected chi connectivity index (χ0v) is 18.3. The fraction of sp³-hybridized carbons (Fsp3) is 0.619. The van der Waals surface area contributed by atoms with Gasteiger partial charge in [0, 0.05) is 13.0 Å². The lowest BCUT2D eigenvalue weighted by molar-refractivity contribution is 0.0889. The SMILES string of the molecule is COc1ccc(COCC#CC(C)(O)CCO[Si](C)(C)C(C)(C)C)cc1. The summed E-state index contributed by atoms with van der Waals surface area (Å²) in [5.74, 6) is 6.61. The summed E-state index contributed by atoms with van der Waals surface area (Å²) in [5.41, 5.74) is -0.00613. The van der Waals surface area contributed by atoms with E-state index in [1.54, 1.807) is 14.0 Å². The van der Waals surface area contributed by atoms with Crippen LogP contribution in [0, 0.1) is 11.8 Å². The molecule has 0 amide bonds. The van der Waals surface area contributed by atoms with Crippen molar-refractivity contribution in [1.29, 1.82) is 0 Å². The Bertz CT molecular complexity index is 604. The molecule has 26 heavy (non-hydrogen) atoms. The third-order valence-electron chi connectivity index (χ3n) is 4.82. The average molecular weight is 379 g/mol. The fourth-order valence-corrected chi connectivity index (χ4v) is 3.00. The van der Waals surface area contributed by atoms with Gasteiger partial charge in [0.25, 0.3) is 0 Å². The van der Waals surface area contributed by atoms with Crippen LogP contribution in [-0.4, -0.2) is 39.3 Å². The molecule has 0 aliphatic carbocycles. The molecule has 0 aliphatic rings. The molecule has 146 valence electrons. The van der Waals surface area contributed by atoms with Gasteiger partial charge in [-0.05, 0) is 42.8 Å². The molecule has 0 radical (unpaired) electrons. The normalized spacial score (nSPS) is 14.3. The zero-order valence-electron chi connectivity index (χ0n) is 17.3. The van der Waals surface area contributed by atoms with E-state index in [4.69, 9.17) is 13.9 Å². The molecule has 1 unspecified atom stereocenters. The van der Waals surface area contributed by atoms with E-state index < -0.39 is 13.9 Å². The van der Waals surface area contributed by atoms with E-state index in [1.807, 2.05) is 24.3 Å². The summed E-state index contributed by atoms with van der Waals surface area (Å²) in [6.45, 7) is 14.0. The van der Waals surface area contributed by atoms with Gasteiger partial charge in [0.1, 0.15) is 18.0 Å². The lowest BCUT2D eigenvalue weighted by atomic mass is 10.0. The molecule has 1 aromatic carbocycles. The molecule has 0 aliphatic heterocycles. The molecule has 1 atom stereocenters. The maximum atomic E-state index is 10.4. The van der Waals surface area contributed by atoms with Crippen LogP contribution < -0.4 is 4.74 Å². The van der Waals surface area contributed by atoms with Crippen LogP contribution in [0.5, 0.6) is 5.75 Å². The third kappa shape index (κ3) is 7.92. The maximum Gasteiger partial charge on any atom is 0.191 e. The molecular weight excluding hydrogens is 344 g/mol. The van der Waals surface area contributed by atoms with Crippen LogP contribution in [0.4, 0.5) is 0 Å². The predicted molar refractivity (Wildman–Crippen MR) is 109 cm³/mol. The minimum atomic E-state index is -1.79. The summed E-state index contributed by atoms with van der Waals surface area (Å²) in [6.07, 6.45) is 0.491. The van der Waals surface area contributed by atoms with E-state index in [2.05, 4.69) is 45.7 Å². The van der Waals surface area contributed by atoms with Gasteiger partial charge < -0.3 is 19.0 Å². The van der Waals surface area contributed by atoms with Crippen molar-refractivity contribution < 1.29 is 19.0 Å². The van der Waals surface area contributed by atoms with Crippen LogP contribution in [0.3, 0.4) is 0 Å². The van der Waals surface area contributed by atoms with E-state index in [0.29, 0.717) is 19.6 Å². The van der Waals surface area contributed by atoms with Gasteiger partial charge in [0.05, 0.1) is 13.7 Å². The van der Waals surface area contributed by atoms with Crippen LogP contribution >= 0.6 is 0 Å². The number of hydrogen-bond acceptors (Lipinski definition) is 4. The summed E-state index contributed by atoms with van der Waals surface area (Å²) in [4.78, 5) is 0. The van der Waals surface area contributed by atoms with Crippen molar-refractivity contribution in [3.8, 4) is 17.6 Å². The fourth-order valence-electron chi connectivity index (χ4n) is 1.95. The molecule has 1 aromatic rings. The Morgan fingerprint density at radius 1 is 1.08 bits per heavy atom. The summed E-state index contributed by atoms with van der Waals surface area (Å²) in [7, 11) is -0.143. The van der Waals surface area contributed by atoms with Gasteiger partial charge >= 0.3 is 0 Å². The van der Waals surface area contributed by atoms with Crippen molar-refractivity contribution in [2.24, 2.45) is 0 Å². The molecule has 0 saturated heterocycles. The molecule has 1 N–H and O–H groups in total. The maximum absolute atomic E-state index is 10.4. The highest BCUT2D eigenvalue weighted by Gasteiger charge is 2.37. The summed E-state index contributed by atoms with van der Waals surface area (Å²) < 4.78 is 16.8. The second-order valence-corrected chi connectivity index (χ2v) is 13.1. The first-order chi connectivity index (χ1) is 12.0. The van der Waals surface area contributed by atoms with Crippen molar-refractivity contribution in [2.45, 2.75) is 64.5 Å². The van der Waals surface area contributed by atoms with Crippen molar-refractivity contribution in [3.05, 3.63) is 29.8 Å². The van der Waals surface area contributed by atoms with Crippen LogP contribution in [0.15, 0.2) is 24.3 Å². The van der Waals surface area contributed by atoms with Crippen LogP contribution in [0.25, 0.3) is 0 Å². The largest absolute Gasteiger partial charge is 0.497 e. The number of ether oxygens (including phenoxy) is 2. The Morgan fingerprint density at radius 2 is 1.69 bits per heavy atom. The molecule has 0 spiro atoms. The Balaban J connectivity index is 2.36. The van der Waals surface area contributed by atoms with E-state index in [9.17, 15) is 5.11 Å².